The van der Waals surface area contributed by atoms with Crippen molar-refractivity contribution >= 4 is 0 Å². The van der Waals surface area contributed by atoms with Crippen molar-refractivity contribution in [1.29, 1.82) is 0 Å². The Balaban J connectivity index is 1.28. The van der Waals surface area contributed by atoms with Gasteiger partial charge < -0.3 is 42.6 Å². The van der Waals surface area contributed by atoms with Crippen molar-refractivity contribution in [2.24, 2.45) is 0 Å². The second kappa shape index (κ2) is 14.8. The van der Waals surface area contributed by atoms with Crippen LogP contribution in [0.15, 0.2) is 36.4 Å². The third-order valence-corrected chi connectivity index (χ3v) is 11.2. The van der Waals surface area contributed by atoms with Gasteiger partial charge in [0.2, 0.25) is 17.2 Å². The van der Waals surface area contributed by atoms with E-state index in [1.807, 2.05) is 18.2 Å². The zero-order valence-electron chi connectivity index (χ0n) is 32.4. The average Bonchev–Trinajstić information content (AvgIpc) is 3.19. The van der Waals surface area contributed by atoms with Gasteiger partial charge in [-0.1, -0.05) is 12.1 Å². The first-order valence-corrected chi connectivity index (χ1v) is 17.9. The smallest absolute Gasteiger partial charge is 0.204 e. The van der Waals surface area contributed by atoms with Gasteiger partial charge in [-0.25, -0.2) is 0 Å². The summed E-state index contributed by atoms with van der Waals surface area (Å²) in [5, 5.41) is 0. The molecule has 0 bridgehead atoms. The minimum Gasteiger partial charge on any atom is -0.493 e. The maximum atomic E-state index is 6.84. The summed E-state index contributed by atoms with van der Waals surface area (Å²) in [6.07, 6.45) is 3.18. The Hall–Kier alpha value is -5.00. The molecule has 0 fully saturated rings. The van der Waals surface area contributed by atoms with E-state index >= 15 is 0 Å². The van der Waals surface area contributed by atoms with E-state index in [-0.39, 0.29) is 12.1 Å². The predicted octanol–water partition coefficient (Wildman–Crippen LogP) is 7.07. The number of benzene rings is 4. The Labute approximate surface area is 312 Å². The fraction of sp³-hybridized carbons (Fsp3) is 0.429. The zero-order chi connectivity index (χ0) is 37.6. The van der Waals surface area contributed by atoms with E-state index in [1.165, 1.54) is 16.7 Å². The summed E-state index contributed by atoms with van der Waals surface area (Å²) < 4.78 is 54.1. The van der Waals surface area contributed by atoms with Crippen LogP contribution in [0.2, 0.25) is 0 Å². The number of ether oxygens (including phenoxy) is 9. The summed E-state index contributed by atoms with van der Waals surface area (Å²) in [4.78, 5) is 4.77. The van der Waals surface area contributed by atoms with Crippen LogP contribution in [0, 0.1) is 0 Å². The molecule has 0 aromatic heterocycles. The van der Waals surface area contributed by atoms with Crippen LogP contribution in [-0.4, -0.2) is 93.9 Å². The van der Waals surface area contributed by atoms with E-state index in [4.69, 9.17) is 42.6 Å². The molecule has 7 rings (SSSR count). The van der Waals surface area contributed by atoms with Crippen molar-refractivity contribution in [3.05, 3.63) is 69.8 Å². The molecule has 4 aromatic rings. The highest BCUT2D eigenvalue weighted by molar-refractivity contribution is 5.89. The molecule has 1 aliphatic carbocycles. The molecule has 11 heteroatoms. The third kappa shape index (κ3) is 5.90. The number of nitrogens with zero attached hydrogens (tertiary/aromatic N) is 2. The predicted molar refractivity (Wildman–Crippen MR) is 203 cm³/mol. The second-order valence-electron chi connectivity index (χ2n) is 13.7. The quantitative estimate of drug-likeness (QED) is 0.150. The Kier molecular flexibility index (Phi) is 10.1. The molecule has 53 heavy (non-hydrogen) atoms. The number of fused-ring (bicyclic) bond motifs is 3. The lowest BCUT2D eigenvalue weighted by Crippen LogP contribution is -2.36. The molecule has 0 spiro atoms. The van der Waals surface area contributed by atoms with E-state index in [0.717, 1.165) is 71.7 Å². The van der Waals surface area contributed by atoms with Gasteiger partial charge in [-0.05, 0) is 86.3 Å². The summed E-state index contributed by atoms with van der Waals surface area (Å²) in [7, 11) is 17.6. The fourth-order valence-corrected chi connectivity index (χ4v) is 8.65. The lowest BCUT2D eigenvalue weighted by atomic mass is 9.75. The van der Waals surface area contributed by atoms with E-state index in [9.17, 15) is 0 Å². The Morgan fingerprint density at radius 3 is 1.75 bits per heavy atom. The Morgan fingerprint density at radius 1 is 0.566 bits per heavy atom. The molecule has 4 aromatic carbocycles. The Bertz CT molecular complexity index is 2010. The summed E-state index contributed by atoms with van der Waals surface area (Å²) in [6.45, 7) is 1.77. The summed E-state index contributed by atoms with van der Waals surface area (Å²) in [6, 6.07) is 12.6. The maximum absolute atomic E-state index is 6.84. The van der Waals surface area contributed by atoms with Crippen molar-refractivity contribution in [2.45, 2.75) is 37.8 Å². The van der Waals surface area contributed by atoms with Crippen LogP contribution in [0.25, 0.3) is 11.1 Å². The fourth-order valence-electron chi connectivity index (χ4n) is 8.65. The molecule has 11 nitrogen and oxygen atoms in total. The van der Waals surface area contributed by atoms with Crippen LogP contribution in [0.3, 0.4) is 0 Å². The highest BCUT2D eigenvalue weighted by Crippen LogP contribution is 2.60. The lowest BCUT2D eigenvalue weighted by molar-refractivity contribution is 0.220. The molecular formula is C42H50N2O9. The topological polar surface area (TPSA) is 89.6 Å². The molecule has 0 unspecified atom stereocenters. The van der Waals surface area contributed by atoms with Gasteiger partial charge in [0.15, 0.2) is 34.5 Å². The maximum Gasteiger partial charge on any atom is 0.204 e. The molecule has 282 valence electrons. The van der Waals surface area contributed by atoms with E-state index in [0.29, 0.717) is 52.4 Å². The van der Waals surface area contributed by atoms with E-state index < -0.39 is 0 Å². The zero-order valence-corrected chi connectivity index (χ0v) is 32.4. The molecular weight excluding hydrogens is 676 g/mol. The summed E-state index contributed by atoms with van der Waals surface area (Å²) in [5.74, 6) is 6.37. The van der Waals surface area contributed by atoms with Gasteiger partial charge >= 0.3 is 0 Å². The number of methoxy groups -OCH3 is 8. The standard InChI is InChI=1S/C42H50N2O9/c1-43-17-15-25-27(21-32(45-3)39(49-7)36(25)47-5)30(43)19-23-11-13-24(14-12-23)53-38-29-20-31-34-26(16-18-44(31)2)37(48-6)42(52-10)41(51-9)35(34)28(29)22-33(46-4)40(38)50-8/h11-14,21-22,30-31H,15-20H2,1-10H3/t30-,31-/m0/s1. The first-order valence-electron chi connectivity index (χ1n) is 17.9. The average molecular weight is 727 g/mol. The van der Waals surface area contributed by atoms with Crippen molar-refractivity contribution in [3.8, 4) is 68.6 Å². The molecule has 0 saturated carbocycles. The van der Waals surface area contributed by atoms with Crippen LogP contribution in [-0.2, 0) is 25.7 Å². The van der Waals surface area contributed by atoms with Crippen LogP contribution >= 0.6 is 0 Å². The molecule has 0 N–H and O–H groups in total. The first kappa shape index (κ1) is 36.4. The molecule has 2 heterocycles. The summed E-state index contributed by atoms with van der Waals surface area (Å²) >= 11 is 0. The SMILES string of the molecule is COc1cc2c(c(Oc3ccc(C[C@H]4c5cc(OC)c(OC)c(OC)c5CCN4C)cc3)c1OC)C[C@H]1c3c(c(OC)c(OC)c(OC)c3-2)CCN1C. The molecule has 0 saturated heterocycles. The molecule has 2 aliphatic heterocycles. The molecule has 3 aliphatic rings. The highest BCUT2D eigenvalue weighted by atomic mass is 16.5. The minimum absolute atomic E-state index is 0.0605. The number of hydrogen-bond acceptors (Lipinski definition) is 11. The number of hydrogen-bond donors (Lipinski definition) is 0. The monoisotopic (exact) mass is 726 g/mol. The van der Waals surface area contributed by atoms with Crippen molar-refractivity contribution < 1.29 is 42.6 Å². The minimum atomic E-state index is 0.0605. The van der Waals surface area contributed by atoms with Crippen molar-refractivity contribution in [1.82, 2.24) is 9.80 Å². The lowest BCUT2D eigenvalue weighted by Gasteiger charge is -2.41. The van der Waals surface area contributed by atoms with Crippen LogP contribution in [0.4, 0.5) is 0 Å². The van der Waals surface area contributed by atoms with Gasteiger partial charge in [0, 0.05) is 47.4 Å². The molecule has 0 radical (unpaired) electrons. The third-order valence-electron chi connectivity index (χ3n) is 11.2. The van der Waals surface area contributed by atoms with Gasteiger partial charge in [-0.3, -0.25) is 9.80 Å². The normalized spacial score (nSPS) is 17.5. The van der Waals surface area contributed by atoms with E-state index in [1.54, 1.807) is 56.9 Å². The molecule has 0 amide bonds. The number of rotatable bonds is 12. The number of likely N-dealkylation sites (N-methyl/N-ethyl adjacent to an activating group) is 2. The van der Waals surface area contributed by atoms with Gasteiger partial charge in [0.1, 0.15) is 5.75 Å². The highest BCUT2D eigenvalue weighted by Gasteiger charge is 2.41. The van der Waals surface area contributed by atoms with Crippen LogP contribution < -0.4 is 42.6 Å². The van der Waals surface area contributed by atoms with Crippen LogP contribution in [0.1, 0.15) is 45.5 Å². The van der Waals surface area contributed by atoms with Gasteiger partial charge in [-0.2, -0.15) is 0 Å². The summed E-state index contributed by atoms with van der Waals surface area (Å²) in [5.41, 5.74) is 8.77. The largest absolute Gasteiger partial charge is 0.493 e. The van der Waals surface area contributed by atoms with Crippen LogP contribution in [0.5, 0.6) is 57.5 Å². The van der Waals surface area contributed by atoms with E-state index in [2.05, 4.69) is 42.1 Å². The van der Waals surface area contributed by atoms with Crippen molar-refractivity contribution in [3.63, 3.8) is 0 Å². The Morgan fingerprint density at radius 2 is 1.13 bits per heavy atom. The van der Waals surface area contributed by atoms with Gasteiger partial charge in [0.25, 0.3) is 0 Å². The van der Waals surface area contributed by atoms with Gasteiger partial charge in [-0.15, -0.1) is 0 Å². The second-order valence-corrected chi connectivity index (χ2v) is 13.7. The molecule has 2 atom stereocenters. The first-order chi connectivity index (χ1) is 25.8. The van der Waals surface area contributed by atoms with Crippen molar-refractivity contribution in [2.75, 3.05) is 84.1 Å². The van der Waals surface area contributed by atoms with Gasteiger partial charge in [0.05, 0.1) is 56.9 Å².